The lowest BCUT2D eigenvalue weighted by Crippen LogP contribution is -2.16. The number of nitrogens with one attached hydrogen (secondary N) is 3. The molecule has 5 nitrogen and oxygen atoms in total. The molecule has 0 bridgehead atoms. The van der Waals surface area contributed by atoms with Crippen LogP contribution in [0.3, 0.4) is 0 Å². The third-order valence-electron chi connectivity index (χ3n) is 4.19. The topological polar surface area (TPSA) is 57.7 Å². The molecule has 10 heteroatoms. The number of anilines is 2. The van der Waals surface area contributed by atoms with Gasteiger partial charge in [-0.3, -0.25) is 0 Å². The maximum atomic E-state index is 13.0. The van der Waals surface area contributed by atoms with E-state index in [1.54, 1.807) is 23.0 Å². The first-order valence-electron chi connectivity index (χ1n) is 8.24. The molecule has 3 N–H and O–H groups in total. The second kappa shape index (κ2) is 7.44. The average Bonchev–Trinajstić information content (AvgIpc) is 3.16. The zero-order valence-electron chi connectivity index (χ0n) is 14.6. The Hall–Kier alpha value is -2.58. The van der Waals surface area contributed by atoms with Gasteiger partial charge in [0.15, 0.2) is 0 Å². The van der Waals surface area contributed by atoms with Gasteiger partial charge in [-0.1, -0.05) is 11.6 Å². The van der Waals surface area contributed by atoms with Gasteiger partial charge < -0.3 is 15.7 Å². The molecule has 0 spiro atoms. The fourth-order valence-electron chi connectivity index (χ4n) is 2.98. The Morgan fingerprint density at radius 1 is 1.18 bits per heavy atom. The van der Waals surface area contributed by atoms with E-state index < -0.39 is 11.7 Å². The number of aromatic amines is 1. The van der Waals surface area contributed by atoms with Crippen LogP contribution in [0.15, 0.2) is 42.6 Å². The normalized spacial score (nSPS) is 11.6. The van der Waals surface area contributed by atoms with E-state index in [-0.39, 0.29) is 17.9 Å². The maximum absolute atomic E-state index is 13.0. The van der Waals surface area contributed by atoms with Crippen LogP contribution in [-0.2, 0) is 6.18 Å². The van der Waals surface area contributed by atoms with Gasteiger partial charge in [-0.15, -0.1) is 12.4 Å². The quantitative estimate of drug-likeness (QED) is 0.377. The Morgan fingerprint density at radius 3 is 2.68 bits per heavy atom. The molecule has 0 aliphatic heterocycles. The minimum Gasteiger partial charge on any atom is -0.359 e. The zero-order chi connectivity index (χ0) is 19.2. The number of rotatable bonds is 4. The van der Waals surface area contributed by atoms with Crippen LogP contribution < -0.4 is 10.7 Å². The van der Waals surface area contributed by atoms with Crippen LogP contribution >= 0.6 is 24.0 Å². The van der Waals surface area contributed by atoms with Crippen LogP contribution in [0.1, 0.15) is 12.5 Å². The third kappa shape index (κ3) is 3.57. The van der Waals surface area contributed by atoms with E-state index in [0.29, 0.717) is 23.0 Å². The fraction of sp³-hybridized carbons (Fsp3) is 0.167. The Labute approximate surface area is 169 Å². The summed E-state index contributed by atoms with van der Waals surface area (Å²) < 4.78 is 40.7. The molecule has 0 saturated heterocycles. The molecule has 0 aliphatic carbocycles. The van der Waals surface area contributed by atoms with Gasteiger partial charge >= 0.3 is 6.18 Å². The monoisotopic (exact) mass is 429 g/mol. The van der Waals surface area contributed by atoms with E-state index in [1.807, 2.05) is 13.0 Å². The van der Waals surface area contributed by atoms with E-state index in [1.165, 1.54) is 6.07 Å². The van der Waals surface area contributed by atoms with Crippen molar-refractivity contribution in [2.75, 3.05) is 17.3 Å². The molecule has 0 aliphatic rings. The fourth-order valence-corrected chi connectivity index (χ4v) is 3.15. The van der Waals surface area contributed by atoms with Gasteiger partial charge in [-0.2, -0.15) is 13.2 Å². The van der Waals surface area contributed by atoms with E-state index in [0.717, 1.165) is 28.7 Å². The highest BCUT2D eigenvalue weighted by Crippen LogP contribution is 2.33. The molecule has 0 fully saturated rings. The zero-order valence-corrected chi connectivity index (χ0v) is 16.1. The molecule has 2 aromatic carbocycles. The summed E-state index contributed by atoms with van der Waals surface area (Å²) in [6.45, 7) is 2.46. The molecule has 0 radical (unpaired) electrons. The van der Waals surface area contributed by atoms with E-state index in [2.05, 4.69) is 20.7 Å². The van der Waals surface area contributed by atoms with Crippen molar-refractivity contribution in [1.82, 2.24) is 14.6 Å². The van der Waals surface area contributed by atoms with E-state index in [9.17, 15) is 13.2 Å². The van der Waals surface area contributed by atoms with Gasteiger partial charge in [0, 0.05) is 28.7 Å². The number of benzene rings is 2. The van der Waals surface area contributed by atoms with E-state index in [4.69, 9.17) is 11.6 Å². The van der Waals surface area contributed by atoms with Gasteiger partial charge in [0.2, 0.25) is 5.95 Å². The van der Waals surface area contributed by atoms with Gasteiger partial charge in [0.25, 0.3) is 0 Å². The molecule has 0 amide bonds. The molecule has 4 rings (SSSR count). The van der Waals surface area contributed by atoms with Crippen molar-refractivity contribution in [3.05, 3.63) is 53.2 Å². The number of hydrogen-bond donors (Lipinski definition) is 3. The Balaban J connectivity index is 0.00000225. The summed E-state index contributed by atoms with van der Waals surface area (Å²) >= 11 is 6.07. The molecule has 0 saturated carbocycles. The summed E-state index contributed by atoms with van der Waals surface area (Å²) in [5, 5.41) is 4.61. The summed E-state index contributed by atoms with van der Waals surface area (Å²) in [4.78, 5) is 7.47. The Morgan fingerprint density at radius 2 is 1.96 bits per heavy atom. The largest absolute Gasteiger partial charge is 0.416 e. The van der Waals surface area contributed by atoms with Crippen molar-refractivity contribution in [2.45, 2.75) is 13.1 Å². The summed E-state index contributed by atoms with van der Waals surface area (Å²) in [5.41, 5.74) is 4.76. The van der Waals surface area contributed by atoms with Crippen molar-refractivity contribution in [2.24, 2.45) is 0 Å². The molecule has 2 aromatic heterocycles. The first kappa shape index (κ1) is 20.2. The van der Waals surface area contributed by atoms with Crippen molar-refractivity contribution in [3.63, 3.8) is 0 Å². The lowest BCUT2D eigenvalue weighted by Gasteiger charge is -2.11. The number of nitrogens with zero attached hydrogens (tertiary/aromatic N) is 2. The van der Waals surface area contributed by atoms with Gasteiger partial charge in [-0.05, 0) is 43.3 Å². The summed E-state index contributed by atoms with van der Waals surface area (Å²) in [5.74, 6) is 0.382. The SMILES string of the molecule is CCNn1c(Nc2c[nH]c3ccc(Cl)cc23)nc2cc(C(F)(F)F)ccc21.Cl. The van der Waals surface area contributed by atoms with Gasteiger partial charge in [0.1, 0.15) is 0 Å². The molecule has 0 atom stereocenters. The average molecular weight is 430 g/mol. The summed E-state index contributed by atoms with van der Waals surface area (Å²) in [6.07, 6.45) is -2.66. The first-order chi connectivity index (χ1) is 12.9. The first-order valence-corrected chi connectivity index (χ1v) is 8.62. The molecular formula is C18H16Cl2F3N5. The smallest absolute Gasteiger partial charge is 0.359 e. The van der Waals surface area contributed by atoms with Crippen molar-refractivity contribution < 1.29 is 13.2 Å². The van der Waals surface area contributed by atoms with Crippen molar-refractivity contribution in [3.8, 4) is 0 Å². The predicted molar refractivity (Wildman–Crippen MR) is 108 cm³/mol. The number of fused-ring (bicyclic) bond motifs is 2. The highest BCUT2D eigenvalue weighted by molar-refractivity contribution is 6.31. The second-order valence-corrected chi connectivity index (χ2v) is 6.44. The summed E-state index contributed by atoms with van der Waals surface area (Å²) in [6, 6.07) is 8.93. The lowest BCUT2D eigenvalue weighted by molar-refractivity contribution is -0.137. The highest BCUT2D eigenvalue weighted by Gasteiger charge is 2.31. The molecule has 2 heterocycles. The molecule has 28 heavy (non-hydrogen) atoms. The minimum atomic E-state index is -4.42. The number of halogens is 5. The van der Waals surface area contributed by atoms with Crippen LogP contribution in [-0.4, -0.2) is 21.2 Å². The molecule has 4 aromatic rings. The van der Waals surface area contributed by atoms with E-state index >= 15 is 0 Å². The number of H-pyrrole nitrogens is 1. The highest BCUT2D eigenvalue weighted by atomic mass is 35.5. The van der Waals surface area contributed by atoms with Crippen molar-refractivity contribution >= 4 is 57.6 Å². The summed E-state index contributed by atoms with van der Waals surface area (Å²) in [7, 11) is 0. The minimum absolute atomic E-state index is 0. The number of alkyl halides is 3. The molecule has 148 valence electrons. The van der Waals surface area contributed by atoms with Crippen LogP contribution in [0.4, 0.5) is 24.8 Å². The van der Waals surface area contributed by atoms with Crippen LogP contribution in [0, 0.1) is 0 Å². The van der Waals surface area contributed by atoms with Gasteiger partial charge in [-0.25, -0.2) is 9.66 Å². The molecule has 0 unspecified atom stereocenters. The van der Waals surface area contributed by atoms with Crippen molar-refractivity contribution in [1.29, 1.82) is 0 Å². The lowest BCUT2D eigenvalue weighted by atomic mass is 10.2. The van der Waals surface area contributed by atoms with Crippen LogP contribution in [0.2, 0.25) is 5.02 Å². The Bertz CT molecular complexity index is 1130. The van der Waals surface area contributed by atoms with Gasteiger partial charge in [0.05, 0.1) is 22.3 Å². The third-order valence-corrected chi connectivity index (χ3v) is 4.42. The number of hydrogen-bond acceptors (Lipinski definition) is 3. The van der Waals surface area contributed by atoms with Crippen LogP contribution in [0.5, 0.6) is 0 Å². The predicted octanol–water partition coefficient (Wildman–Crippen LogP) is 5.92. The standard InChI is InChI=1S/C18H15ClF3N5.ClH/c1-2-24-27-16-6-3-10(18(20,21)22)7-14(16)25-17(27)26-15-9-23-13-5-4-11(19)8-12(13)15;/h3-9,23-24H,2H2,1H3,(H,25,26);1H. The van der Waals surface area contributed by atoms with Crippen LogP contribution in [0.25, 0.3) is 21.9 Å². The molecular weight excluding hydrogens is 414 g/mol. The number of aromatic nitrogens is 3. The second-order valence-electron chi connectivity index (χ2n) is 6.00. The Kier molecular flexibility index (Phi) is 5.36. The maximum Gasteiger partial charge on any atom is 0.416 e. The number of imidazole rings is 1.